The Balaban J connectivity index is 2.04. The van der Waals surface area contributed by atoms with Gasteiger partial charge in [0.1, 0.15) is 5.78 Å². The molecule has 17 heavy (non-hydrogen) atoms. The Hall–Kier alpha value is -0.630. The van der Waals surface area contributed by atoms with Crippen LogP contribution in [0.5, 0.6) is 0 Å². The fourth-order valence-corrected chi connectivity index (χ4v) is 4.76. The standard InChI is InChI=1S/C15H22O2/c1-8-5-6-9-12(14(9,2)3)13-11(8)10(16)7-15(13,4)17/h9,11-13,17H,1,5-7H2,2-4H3. The van der Waals surface area contributed by atoms with Gasteiger partial charge in [-0.25, -0.2) is 0 Å². The number of ketones is 1. The van der Waals surface area contributed by atoms with Crippen molar-refractivity contribution < 1.29 is 9.90 Å². The van der Waals surface area contributed by atoms with Gasteiger partial charge in [-0.1, -0.05) is 26.0 Å². The van der Waals surface area contributed by atoms with Crippen molar-refractivity contribution in [2.45, 2.75) is 45.6 Å². The van der Waals surface area contributed by atoms with E-state index in [1.165, 1.54) is 0 Å². The Labute approximate surface area is 103 Å². The molecule has 3 aliphatic carbocycles. The summed E-state index contributed by atoms with van der Waals surface area (Å²) < 4.78 is 0. The van der Waals surface area contributed by atoms with Crippen molar-refractivity contribution in [3.05, 3.63) is 12.2 Å². The van der Waals surface area contributed by atoms with E-state index in [-0.39, 0.29) is 17.6 Å². The molecule has 94 valence electrons. The summed E-state index contributed by atoms with van der Waals surface area (Å²) in [6, 6.07) is 0. The molecule has 0 spiro atoms. The van der Waals surface area contributed by atoms with Crippen LogP contribution in [0.25, 0.3) is 0 Å². The maximum Gasteiger partial charge on any atom is 0.143 e. The monoisotopic (exact) mass is 234 g/mol. The first-order chi connectivity index (χ1) is 7.77. The molecule has 3 saturated carbocycles. The average molecular weight is 234 g/mol. The Morgan fingerprint density at radius 2 is 1.94 bits per heavy atom. The van der Waals surface area contributed by atoms with Crippen molar-refractivity contribution in [1.82, 2.24) is 0 Å². The molecule has 2 heteroatoms. The zero-order valence-corrected chi connectivity index (χ0v) is 11.0. The molecule has 5 unspecified atom stereocenters. The summed E-state index contributed by atoms with van der Waals surface area (Å²) in [6.45, 7) is 10.5. The lowest BCUT2D eigenvalue weighted by Gasteiger charge is -2.30. The van der Waals surface area contributed by atoms with E-state index in [1.807, 2.05) is 6.92 Å². The van der Waals surface area contributed by atoms with Gasteiger partial charge in [-0.15, -0.1) is 0 Å². The number of hydrogen-bond acceptors (Lipinski definition) is 2. The van der Waals surface area contributed by atoms with Crippen LogP contribution in [-0.2, 0) is 4.79 Å². The zero-order valence-electron chi connectivity index (χ0n) is 11.0. The molecule has 3 rings (SSSR count). The van der Waals surface area contributed by atoms with Gasteiger partial charge in [0, 0.05) is 18.3 Å². The molecule has 0 bridgehead atoms. The molecular weight excluding hydrogens is 212 g/mol. The second kappa shape index (κ2) is 3.03. The second-order valence-electron chi connectivity index (χ2n) is 7.15. The summed E-state index contributed by atoms with van der Waals surface area (Å²) in [6.07, 6.45) is 2.43. The zero-order chi connectivity index (χ0) is 12.6. The van der Waals surface area contributed by atoms with Crippen LogP contribution >= 0.6 is 0 Å². The molecule has 0 aromatic heterocycles. The minimum absolute atomic E-state index is 0.0678. The predicted molar refractivity (Wildman–Crippen MR) is 66.4 cm³/mol. The highest BCUT2D eigenvalue weighted by molar-refractivity contribution is 5.88. The number of aliphatic hydroxyl groups is 1. The molecule has 3 fully saturated rings. The number of carbonyl (C=O) groups is 1. The lowest BCUT2D eigenvalue weighted by Crippen LogP contribution is -2.35. The van der Waals surface area contributed by atoms with E-state index in [0.717, 1.165) is 18.4 Å². The molecule has 2 nitrogen and oxygen atoms in total. The number of Topliss-reactive ketones (excluding diaryl/α,β-unsaturated/α-hetero) is 1. The summed E-state index contributed by atoms with van der Waals surface area (Å²) in [5, 5.41) is 10.6. The molecule has 5 atom stereocenters. The number of carbonyl (C=O) groups excluding carboxylic acids is 1. The highest BCUT2D eigenvalue weighted by Gasteiger charge is 2.69. The SMILES string of the molecule is C=C1CCC2C(C3C1C(=O)CC3(C)O)C2(C)C. The maximum atomic E-state index is 12.1. The fourth-order valence-electron chi connectivity index (χ4n) is 4.76. The third-order valence-electron chi connectivity index (χ3n) is 5.70. The van der Waals surface area contributed by atoms with E-state index in [0.29, 0.717) is 23.7 Å². The Bertz CT molecular complexity index is 397. The molecule has 0 radical (unpaired) electrons. The second-order valence-corrected chi connectivity index (χ2v) is 7.15. The van der Waals surface area contributed by atoms with Crippen molar-refractivity contribution in [2.75, 3.05) is 0 Å². The van der Waals surface area contributed by atoms with Crippen molar-refractivity contribution in [1.29, 1.82) is 0 Å². The van der Waals surface area contributed by atoms with Crippen molar-refractivity contribution in [3.8, 4) is 0 Å². The lowest BCUT2D eigenvalue weighted by atomic mass is 9.77. The van der Waals surface area contributed by atoms with Crippen molar-refractivity contribution in [2.24, 2.45) is 29.1 Å². The van der Waals surface area contributed by atoms with Crippen molar-refractivity contribution >= 4 is 5.78 Å². The van der Waals surface area contributed by atoms with E-state index in [1.54, 1.807) is 0 Å². The normalized spacial score (nSPS) is 51.8. The lowest BCUT2D eigenvalue weighted by molar-refractivity contribution is -0.120. The van der Waals surface area contributed by atoms with Gasteiger partial charge in [-0.05, 0) is 37.0 Å². The fraction of sp³-hybridized carbons (Fsp3) is 0.800. The van der Waals surface area contributed by atoms with Crippen LogP contribution in [0.1, 0.15) is 40.0 Å². The van der Waals surface area contributed by atoms with E-state index >= 15 is 0 Å². The van der Waals surface area contributed by atoms with Gasteiger partial charge in [0.25, 0.3) is 0 Å². The van der Waals surface area contributed by atoms with Crippen LogP contribution in [0.4, 0.5) is 0 Å². The molecule has 0 aromatic rings. The average Bonchev–Trinajstić information content (AvgIpc) is 2.67. The molecule has 0 aliphatic heterocycles. The summed E-state index contributed by atoms with van der Waals surface area (Å²) >= 11 is 0. The number of allylic oxidation sites excluding steroid dienone is 1. The van der Waals surface area contributed by atoms with E-state index in [2.05, 4.69) is 20.4 Å². The first kappa shape index (κ1) is 11.5. The van der Waals surface area contributed by atoms with E-state index < -0.39 is 5.60 Å². The molecule has 3 aliphatic rings. The van der Waals surface area contributed by atoms with Gasteiger partial charge in [0.2, 0.25) is 0 Å². The van der Waals surface area contributed by atoms with Gasteiger partial charge in [-0.2, -0.15) is 0 Å². The third kappa shape index (κ3) is 1.33. The van der Waals surface area contributed by atoms with Gasteiger partial charge in [-0.3, -0.25) is 4.79 Å². The van der Waals surface area contributed by atoms with Crippen LogP contribution in [0, 0.1) is 29.1 Å². The van der Waals surface area contributed by atoms with Crippen LogP contribution in [0.3, 0.4) is 0 Å². The minimum atomic E-state index is -0.814. The minimum Gasteiger partial charge on any atom is -0.389 e. The van der Waals surface area contributed by atoms with Crippen molar-refractivity contribution in [3.63, 3.8) is 0 Å². The smallest absolute Gasteiger partial charge is 0.143 e. The summed E-state index contributed by atoms with van der Waals surface area (Å²) in [7, 11) is 0. The largest absolute Gasteiger partial charge is 0.389 e. The molecule has 0 heterocycles. The Morgan fingerprint density at radius 1 is 1.29 bits per heavy atom. The summed E-state index contributed by atoms with van der Waals surface area (Å²) in [5.74, 6) is 1.44. The van der Waals surface area contributed by atoms with Gasteiger partial charge in [0.05, 0.1) is 5.60 Å². The Morgan fingerprint density at radius 3 is 2.59 bits per heavy atom. The van der Waals surface area contributed by atoms with Gasteiger partial charge in [0.15, 0.2) is 0 Å². The van der Waals surface area contributed by atoms with E-state index in [9.17, 15) is 9.90 Å². The maximum absolute atomic E-state index is 12.1. The highest BCUT2D eigenvalue weighted by Crippen LogP contribution is 2.70. The van der Waals surface area contributed by atoms with Gasteiger partial charge >= 0.3 is 0 Å². The molecule has 1 N–H and O–H groups in total. The summed E-state index contributed by atoms with van der Waals surface area (Å²) in [4.78, 5) is 12.1. The first-order valence-electron chi connectivity index (χ1n) is 6.69. The third-order valence-corrected chi connectivity index (χ3v) is 5.70. The van der Waals surface area contributed by atoms with Crippen LogP contribution in [0.2, 0.25) is 0 Å². The molecule has 0 saturated heterocycles. The number of fused-ring (bicyclic) bond motifs is 3. The van der Waals surface area contributed by atoms with Crippen LogP contribution in [-0.4, -0.2) is 16.5 Å². The summed E-state index contributed by atoms with van der Waals surface area (Å²) in [5.41, 5.74) is 0.560. The predicted octanol–water partition coefficient (Wildman–Crippen LogP) is 2.56. The van der Waals surface area contributed by atoms with Crippen LogP contribution < -0.4 is 0 Å². The quantitative estimate of drug-likeness (QED) is 0.654. The Kier molecular flexibility index (Phi) is 2.04. The highest BCUT2D eigenvalue weighted by atomic mass is 16.3. The van der Waals surface area contributed by atoms with E-state index in [4.69, 9.17) is 0 Å². The van der Waals surface area contributed by atoms with Gasteiger partial charge < -0.3 is 5.11 Å². The first-order valence-corrected chi connectivity index (χ1v) is 6.69. The molecule has 0 amide bonds. The topological polar surface area (TPSA) is 37.3 Å². The van der Waals surface area contributed by atoms with Crippen LogP contribution in [0.15, 0.2) is 12.2 Å². The number of hydrogen-bond donors (Lipinski definition) is 1. The molecule has 0 aromatic carbocycles. The molecular formula is C15H22O2. The number of rotatable bonds is 0.